The Bertz CT molecular complexity index is 703. The van der Waals surface area contributed by atoms with E-state index in [1.807, 2.05) is 39.0 Å². The minimum Gasteiger partial charge on any atom is -0.325 e. The molecule has 1 atom stereocenters. The second kappa shape index (κ2) is 6.75. The Hall–Kier alpha value is -2.46. The van der Waals surface area contributed by atoms with Gasteiger partial charge in [0.1, 0.15) is 0 Å². The molecule has 4 heteroatoms. The van der Waals surface area contributed by atoms with Gasteiger partial charge in [0.25, 0.3) is 0 Å². The highest BCUT2D eigenvalue weighted by molar-refractivity contribution is 6.09. The van der Waals surface area contributed by atoms with Crippen LogP contribution in [-0.4, -0.2) is 17.7 Å². The van der Waals surface area contributed by atoms with Gasteiger partial charge in [0, 0.05) is 16.8 Å². The fourth-order valence-corrected chi connectivity index (χ4v) is 2.11. The first kappa shape index (κ1) is 16.9. The van der Waals surface area contributed by atoms with Crippen LogP contribution in [0, 0.1) is 5.41 Å². The Labute approximate surface area is 136 Å². The van der Waals surface area contributed by atoms with Crippen molar-refractivity contribution in [2.24, 2.45) is 11.1 Å². The van der Waals surface area contributed by atoms with Crippen LogP contribution in [0.3, 0.4) is 0 Å². The van der Waals surface area contributed by atoms with Gasteiger partial charge in [-0.3, -0.25) is 9.59 Å². The molecule has 0 heterocycles. The number of hydrogen-bond donors (Lipinski definition) is 2. The molecule has 3 N–H and O–H groups in total. The van der Waals surface area contributed by atoms with Gasteiger partial charge in [-0.2, -0.15) is 0 Å². The molecule has 0 saturated carbocycles. The summed E-state index contributed by atoms with van der Waals surface area (Å²) in [5.41, 5.74) is 7.33. The van der Waals surface area contributed by atoms with Gasteiger partial charge in [0.2, 0.25) is 5.91 Å². The van der Waals surface area contributed by atoms with E-state index < -0.39 is 6.04 Å². The normalized spacial score (nSPS) is 12.5. The lowest BCUT2D eigenvalue weighted by Gasteiger charge is -2.25. The predicted octanol–water partition coefficient (Wildman–Crippen LogP) is 3.23. The summed E-state index contributed by atoms with van der Waals surface area (Å²) in [4.78, 5) is 24.6. The lowest BCUT2D eigenvalue weighted by molar-refractivity contribution is -0.119. The Kier molecular flexibility index (Phi) is 4.96. The zero-order chi connectivity index (χ0) is 17.0. The molecule has 0 aliphatic heterocycles. The maximum atomic E-state index is 12.4. The second-order valence-electron chi connectivity index (χ2n) is 6.61. The Morgan fingerprint density at radius 3 is 2.17 bits per heavy atom. The van der Waals surface area contributed by atoms with Crippen molar-refractivity contribution in [3.8, 4) is 0 Å². The minimum absolute atomic E-state index is 0.0816. The first-order chi connectivity index (χ1) is 10.8. The van der Waals surface area contributed by atoms with Crippen LogP contribution in [0.1, 0.15) is 36.7 Å². The zero-order valence-electron chi connectivity index (χ0n) is 13.7. The number of nitrogens with one attached hydrogen (secondary N) is 1. The molecule has 0 aromatic heterocycles. The van der Waals surface area contributed by atoms with Crippen molar-refractivity contribution in [1.82, 2.24) is 0 Å². The monoisotopic (exact) mass is 310 g/mol. The average molecular weight is 310 g/mol. The van der Waals surface area contributed by atoms with Crippen LogP contribution in [0.5, 0.6) is 0 Å². The summed E-state index contributed by atoms with van der Waals surface area (Å²) >= 11 is 0. The van der Waals surface area contributed by atoms with E-state index in [1.54, 1.807) is 36.4 Å². The highest BCUT2D eigenvalue weighted by Crippen LogP contribution is 2.20. The van der Waals surface area contributed by atoms with E-state index in [0.29, 0.717) is 16.8 Å². The number of rotatable bonds is 4. The summed E-state index contributed by atoms with van der Waals surface area (Å²) in [6.07, 6.45) is 0. The van der Waals surface area contributed by atoms with Crippen molar-refractivity contribution in [3.05, 3.63) is 65.7 Å². The first-order valence-corrected chi connectivity index (χ1v) is 7.55. The van der Waals surface area contributed by atoms with Crippen molar-refractivity contribution >= 4 is 17.4 Å². The number of nitrogens with two attached hydrogens (primary N) is 1. The third-order valence-corrected chi connectivity index (χ3v) is 3.64. The van der Waals surface area contributed by atoms with Crippen LogP contribution >= 0.6 is 0 Å². The lowest BCUT2D eigenvalue weighted by atomic mass is 9.87. The first-order valence-electron chi connectivity index (χ1n) is 7.55. The highest BCUT2D eigenvalue weighted by Gasteiger charge is 2.27. The van der Waals surface area contributed by atoms with E-state index >= 15 is 0 Å². The number of ketones is 1. The minimum atomic E-state index is -0.629. The summed E-state index contributed by atoms with van der Waals surface area (Å²) in [5.74, 6) is -0.344. The molecule has 0 bridgehead atoms. The number of carbonyl (C=O) groups excluding carboxylic acids is 2. The largest absolute Gasteiger partial charge is 0.325 e. The molecule has 2 aromatic carbocycles. The molecule has 0 saturated heterocycles. The van der Waals surface area contributed by atoms with E-state index in [4.69, 9.17) is 5.73 Å². The zero-order valence-corrected chi connectivity index (χ0v) is 13.7. The van der Waals surface area contributed by atoms with E-state index in [9.17, 15) is 9.59 Å². The average Bonchev–Trinajstić information content (AvgIpc) is 2.53. The summed E-state index contributed by atoms with van der Waals surface area (Å²) in [6, 6.07) is 15.3. The molecule has 4 nitrogen and oxygen atoms in total. The summed E-state index contributed by atoms with van der Waals surface area (Å²) in [7, 11) is 0. The van der Waals surface area contributed by atoms with Crippen molar-refractivity contribution < 1.29 is 9.59 Å². The standard InChI is InChI=1S/C19H22N2O2/c1-19(2,3)17(20)18(23)21-15-11-7-10-14(12-15)16(22)13-8-5-4-6-9-13/h4-12,17H,20H2,1-3H3,(H,21,23)/t17-/m1/s1. The Morgan fingerprint density at radius 2 is 1.57 bits per heavy atom. The van der Waals surface area contributed by atoms with Gasteiger partial charge in [0.05, 0.1) is 6.04 Å². The second-order valence-corrected chi connectivity index (χ2v) is 6.61. The summed E-state index contributed by atoms with van der Waals surface area (Å²) in [6.45, 7) is 5.73. The Morgan fingerprint density at radius 1 is 0.957 bits per heavy atom. The van der Waals surface area contributed by atoms with E-state index in [2.05, 4.69) is 5.32 Å². The molecular formula is C19H22N2O2. The predicted molar refractivity (Wildman–Crippen MR) is 92.4 cm³/mol. The SMILES string of the molecule is CC(C)(C)[C@H](N)C(=O)Nc1cccc(C(=O)c2ccccc2)c1. The van der Waals surface area contributed by atoms with Gasteiger partial charge >= 0.3 is 0 Å². The number of anilines is 1. The quantitative estimate of drug-likeness (QED) is 0.852. The van der Waals surface area contributed by atoms with Crippen LogP contribution in [0.2, 0.25) is 0 Å². The molecule has 2 rings (SSSR count). The lowest BCUT2D eigenvalue weighted by Crippen LogP contribution is -2.45. The van der Waals surface area contributed by atoms with E-state index in [-0.39, 0.29) is 17.1 Å². The molecule has 2 aromatic rings. The molecule has 0 radical (unpaired) electrons. The molecule has 23 heavy (non-hydrogen) atoms. The van der Waals surface area contributed by atoms with Gasteiger partial charge in [-0.1, -0.05) is 63.2 Å². The highest BCUT2D eigenvalue weighted by atomic mass is 16.2. The third-order valence-electron chi connectivity index (χ3n) is 3.64. The summed E-state index contributed by atoms with van der Waals surface area (Å²) in [5, 5.41) is 2.78. The molecule has 120 valence electrons. The van der Waals surface area contributed by atoms with E-state index in [0.717, 1.165) is 0 Å². The van der Waals surface area contributed by atoms with Crippen LogP contribution in [0.4, 0.5) is 5.69 Å². The molecular weight excluding hydrogens is 288 g/mol. The number of carbonyl (C=O) groups is 2. The fourth-order valence-electron chi connectivity index (χ4n) is 2.11. The molecule has 0 fully saturated rings. The summed E-state index contributed by atoms with van der Waals surface area (Å²) < 4.78 is 0. The van der Waals surface area contributed by atoms with Crippen molar-refractivity contribution in [2.75, 3.05) is 5.32 Å². The molecule has 0 aliphatic carbocycles. The molecule has 0 spiro atoms. The van der Waals surface area contributed by atoms with Gasteiger partial charge in [-0.05, 0) is 17.5 Å². The number of amides is 1. The molecule has 1 amide bonds. The van der Waals surface area contributed by atoms with Crippen LogP contribution < -0.4 is 11.1 Å². The number of hydrogen-bond acceptors (Lipinski definition) is 3. The van der Waals surface area contributed by atoms with Gasteiger partial charge in [0.15, 0.2) is 5.78 Å². The van der Waals surface area contributed by atoms with Crippen molar-refractivity contribution in [1.29, 1.82) is 0 Å². The van der Waals surface area contributed by atoms with Crippen LogP contribution in [-0.2, 0) is 4.79 Å². The smallest absolute Gasteiger partial charge is 0.241 e. The van der Waals surface area contributed by atoms with Crippen LogP contribution in [0.25, 0.3) is 0 Å². The number of benzene rings is 2. The van der Waals surface area contributed by atoms with Crippen molar-refractivity contribution in [3.63, 3.8) is 0 Å². The van der Waals surface area contributed by atoms with Crippen LogP contribution in [0.15, 0.2) is 54.6 Å². The van der Waals surface area contributed by atoms with Crippen molar-refractivity contribution in [2.45, 2.75) is 26.8 Å². The molecule has 0 unspecified atom stereocenters. The van der Waals surface area contributed by atoms with E-state index in [1.165, 1.54) is 0 Å². The van der Waals surface area contributed by atoms with Gasteiger partial charge in [-0.15, -0.1) is 0 Å². The Balaban J connectivity index is 2.18. The molecule has 0 aliphatic rings. The van der Waals surface area contributed by atoms with Gasteiger partial charge < -0.3 is 11.1 Å². The maximum absolute atomic E-state index is 12.4. The third kappa shape index (κ3) is 4.27. The van der Waals surface area contributed by atoms with Gasteiger partial charge in [-0.25, -0.2) is 0 Å². The fraction of sp³-hybridized carbons (Fsp3) is 0.263. The maximum Gasteiger partial charge on any atom is 0.241 e. The topological polar surface area (TPSA) is 72.2 Å².